The quantitative estimate of drug-likeness (QED) is 0.463. The van der Waals surface area contributed by atoms with E-state index >= 15 is 4.39 Å². The van der Waals surface area contributed by atoms with E-state index < -0.39 is 39.9 Å². The number of nitrogens with one attached hydrogen (secondary N) is 1. The van der Waals surface area contributed by atoms with Crippen molar-refractivity contribution in [1.29, 1.82) is 0 Å². The molecule has 29 heavy (non-hydrogen) atoms. The van der Waals surface area contributed by atoms with Crippen LogP contribution >= 0.6 is 0 Å². The lowest BCUT2D eigenvalue weighted by Gasteiger charge is -2.34. The summed E-state index contributed by atoms with van der Waals surface area (Å²) in [6.45, 7) is 2.26. The predicted octanol–water partition coefficient (Wildman–Crippen LogP) is 1.87. The molecule has 1 unspecified atom stereocenters. The number of nitro groups is 1. The number of carbonyl (C=O) groups is 1. The average Bonchev–Trinajstić information content (AvgIpc) is 3.47. The molecule has 1 saturated heterocycles. The van der Waals surface area contributed by atoms with Crippen molar-refractivity contribution in [3.05, 3.63) is 49.8 Å². The fraction of sp³-hybridized carbons (Fsp3) is 0.474. The molecule has 1 N–H and O–H groups in total. The molecular formula is C19H20F2N4O4. The Morgan fingerprint density at radius 1 is 1.38 bits per heavy atom. The van der Waals surface area contributed by atoms with Crippen molar-refractivity contribution < 1.29 is 18.5 Å². The van der Waals surface area contributed by atoms with Crippen molar-refractivity contribution in [1.82, 2.24) is 9.88 Å². The van der Waals surface area contributed by atoms with Crippen LogP contribution in [0, 0.1) is 21.7 Å². The Kier molecular flexibility index (Phi) is 4.81. The van der Waals surface area contributed by atoms with Crippen LogP contribution in [0.1, 0.15) is 36.2 Å². The summed E-state index contributed by atoms with van der Waals surface area (Å²) in [6.07, 6.45) is 2.63. The lowest BCUT2D eigenvalue weighted by atomic mass is 10.1. The van der Waals surface area contributed by atoms with E-state index in [-0.39, 0.29) is 28.7 Å². The van der Waals surface area contributed by atoms with Crippen LogP contribution in [0.15, 0.2) is 17.1 Å². The number of benzene rings is 1. The van der Waals surface area contributed by atoms with Gasteiger partial charge in [0.2, 0.25) is 11.2 Å². The van der Waals surface area contributed by atoms with E-state index in [0.717, 1.165) is 18.9 Å². The number of halogens is 2. The van der Waals surface area contributed by atoms with E-state index in [0.29, 0.717) is 19.6 Å². The van der Waals surface area contributed by atoms with Crippen LogP contribution in [0.2, 0.25) is 0 Å². The molecule has 0 amide bonds. The molecule has 10 heteroatoms. The smallest absolute Gasteiger partial charge is 0.266 e. The molecule has 1 aliphatic heterocycles. The number of aromatic nitrogens is 1. The molecule has 1 aliphatic carbocycles. The number of pyridine rings is 1. The van der Waals surface area contributed by atoms with Crippen molar-refractivity contribution in [3.8, 4) is 0 Å². The van der Waals surface area contributed by atoms with Gasteiger partial charge in [-0.25, -0.2) is 8.78 Å². The van der Waals surface area contributed by atoms with Crippen LogP contribution in [0.5, 0.6) is 0 Å². The Balaban J connectivity index is 1.94. The lowest BCUT2D eigenvalue weighted by Crippen LogP contribution is -2.49. The van der Waals surface area contributed by atoms with E-state index in [2.05, 4.69) is 5.32 Å². The third-order valence-corrected chi connectivity index (χ3v) is 5.38. The van der Waals surface area contributed by atoms with Gasteiger partial charge in [-0.15, -0.1) is 0 Å². The zero-order chi connectivity index (χ0) is 20.9. The zero-order valence-corrected chi connectivity index (χ0v) is 15.8. The van der Waals surface area contributed by atoms with Gasteiger partial charge in [0.1, 0.15) is 11.5 Å². The van der Waals surface area contributed by atoms with Crippen molar-refractivity contribution >= 4 is 22.4 Å². The first kappa shape index (κ1) is 19.4. The normalized spacial score (nSPS) is 19.6. The number of hydrogen-bond donors (Lipinski definition) is 1. The Labute approximate surface area is 164 Å². The van der Waals surface area contributed by atoms with Crippen molar-refractivity contribution in [3.63, 3.8) is 0 Å². The second-order valence-electron chi connectivity index (χ2n) is 7.64. The number of Topliss-reactive ketones (excluding diaryl/α,β-unsaturated/α-hetero) is 1. The first-order chi connectivity index (χ1) is 13.8. The molecule has 0 spiro atoms. The van der Waals surface area contributed by atoms with Crippen LogP contribution in [-0.2, 0) is 0 Å². The third kappa shape index (κ3) is 3.48. The van der Waals surface area contributed by atoms with Gasteiger partial charge in [0.15, 0.2) is 5.82 Å². The molecule has 1 aromatic carbocycles. The van der Waals surface area contributed by atoms with Crippen LogP contribution < -0.4 is 15.6 Å². The molecule has 0 radical (unpaired) electrons. The lowest BCUT2D eigenvalue weighted by molar-refractivity contribution is -0.465. The van der Waals surface area contributed by atoms with Crippen LogP contribution in [0.4, 0.5) is 14.5 Å². The van der Waals surface area contributed by atoms with Gasteiger partial charge in [-0.05, 0) is 25.8 Å². The highest BCUT2D eigenvalue weighted by Gasteiger charge is 2.32. The fourth-order valence-electron chi connectivity index (χ4n) is 3.90. The highest BCUT2D eigenvalue weighted by Crippen LogP contribution is 2.39. The van der Waals surface area contributed by atoms with E-state index in [1.54, 1.807) is 4.90 Å². The number of piperazine rings is 1. The average molecular weight is 406 g/mol. The molecule has 1 saturated carbocycles. The molecule has 154 valence electrons. The van der Waals surface area contributed by atoms with E-state index in [4.69, 9.17) is 0 Å². The first-order valence-electron chi connectivity index (χ1n) is 9.48. The number of rotatable bonds is 5. The Hall–Kier alpha value is -2.88. The van der Waals surface area contributed by atoms with Gasteiger partial charge >= 0.3 is 0 Å². The number of nitrogens with zero attached hydrogens (tertiary/aromatic N) is 3. The van der Waals surface area contributed by atoms with Crippen LogP contribution in [0.25, 0.3) is 10.9 Å². The number of carbonyl (C=O) groups excluding carboxylic acids is 1. The van der Waals surface area contributed by atoms with E-state index in [1.165, 1.54) is 10.8 Å². The molecule has 0 bridgehead atoms. The molecule has 2 aliphatic rings. The molecule has 1 atom stereocenters. The number of ketones is 1. The largest absolute Gasteiger partial charge is 0.364 e. The summed E-state index contributed by atoms with van der Waals surface area (Å²) in [5.41, 5.74) is -1.55. The first-order valence-corrected chi connectivity index (χ1v) is 9.48. The summed E-state index contributed by atoms with van der Waals surface area (Å²) in [4.78, 5) is 36.4. The van der Waals surface area contributed by atoms with Gasteiger partial charge in [0.25, 0.3) is 6.54 Å². The number of anilines is 1. The highest BCUT2D eigenvalue weighted by molar-refractivity contribution is 6.00. The predicted molar refractivity (Wildman–Crippen MR) is 102 cm³/mol. The minimum atomic E-state index is -1.05. The van der Waals surface area contributed by atoms with Gasteiger partial charge in [0, 0.05) is 42.8 Å². The monoisotopic (exact) mass is 406 g/mol. The molecule has 4 rings (SSSR count). The summed E-state index contributed by atoms with van der Waals surface area (Å²) in [6, 6.07) is 0.867. The van der Waals surface area contributed by atoms with Crippen molar-refractivity contribution in [2.75, 3.05) is 31.1 Å². The summed E-state index contributed by atoms with van der Waals surface area (Å²) in [5.74, 6) is -2.70. The second kappa shape index (κ2) is 7.18. The number of fused-ring (bicyclic) bond motifs is 1. The van der Waals surface area contributed by atoms with E-state index in [9.17, 15) is 24.1 Å². The molecular weight excluding hydrogens is 386 g/mol. The highest BCUT2D eigenvalue weighted by atomic mass is 19.1. The minimum absolute atomic E-state index is 0.0472. The maximum absolute atomic E-state index is 15.6. The Morgan fingerprint density at radius 3 is 2.72 bits per heavy atom. The summed E-state index contributed by atoms with van der Waals surface area (Å²) < 4.78 is 31.9. The molecule has 1 aromatic heterocycles. The van der Waals surface area contributed by atoms with Crippen LogP contribution in [-0.4, -0.2) is 47.5 Å². The van der Waals surface area contributed by atoms with Gasteiger partial charge < -0.3 is 14.8 Å². The summed E-state index contributed by atoms with van der Waals surface area (Å²) >= 11 is 0. The third-order valence-electron chi connectivity index (χ3n) is 5.38. The van der Waals surface area contributed by atoms with E-state index in [1.807, 2.05) is 6.92 Å². The molecule has 2 aromatic rings. The molecule has 8 nitrogen and oxygen atoms in total. The maximum Gasteiger partial charge on any atom is 0.266 e. The van der Waals surface area contributed by atoms with Gasteiger partial charge in [-0.2, -0.15) is 0 Å². The molecule has 2 heterocycles. The Bertz CT molecular complexity index is 1080. The van der Waals surface area contributed by atoms with Crippen LogP contribution in [0.3, 0.4) is 0 Å². The van der Waals surface area contributed by atoms with Gasteiger partial charge in [0.05, 0.1) is 16.5 Å². The fourth-order valence-corrected chi connectivity index (χ4v) is 3.90. The molecule has 2 fully saturated rings. The number of hydrogen-bond acceptors (Lipinski definition) is 6. The summed E-state index contributed by atoms with van der Waals surface area (Å²) in [7, 11) is 0. The maximum atomic E-state index is 15.6. The van der Waals surface area contributed by atoms with Gasteiger partial charge in [-0.1, -0.05) is 0 Å². The zero-order valence-electron chi connectivity index (χ0n) is 15.8. The SMILES string of the molecule is CC1CN(c2c(F)cc3c(=O)c(C(=O)C[N+](=O)[O-])cn(C4CC4)c3c2F)CCN1. The van der Waals surface area contributed by atoms with Gasteiger partial charge in [-0.3, -0.25) is 19.7 Å². The van der Waals surface area contributed by atoms with Crippen molar-refractivity contribution in [2.45, 2.75) is 31.8 Å². The Morgan fingerprint density at radius 2 is 2.10 bits per heavy atom. The second-order valence-corrected chi connectivity index (χ2v) is 7.64. The summed E-state index contributed by atoms with van der Waals surface area (Å²) in [5, 5.41) is 13.6. The van der Waals surface area contributed by atoms with Crippen molar-refractivity contribution in [2.24, 2.45) is 0 Å². The minimum Gasteiger partial charge on any atom is -0.364 e. The topological polar surface area (TPSA) is 97.5 Å². The standard InChI is InChI=1S/C19H20F2N4O4/c1-10-7-23(5-4-22-10)18-14(20)6-12-17(16(18)21)24(11-2-3-11)8-13(19(12)27)15(26)9-25(28)29/h6,8,10-11,22H,2-5,7,9H2,1H3.